The molecule has 0 unspecified atom stereocenters. The number of hydrogen-bond donors (Lipinski definition) is 0. The van der Waals surface area contributed by atoms with Gasteiger partial charge in [0.15, 0.2) is 11.2 Å². The van der Waals surface area contributed by atoms with Crippen LogP contribution in [0.3, 0.4) is 0 Å². The molecular weight excluding hydrogens is 597 g/mol. The molecule has 0 bridgehead atoms. The van der Waals surface area contributed by atoms with Crippen molar-refractivity contribution in [1.29, 1.82) is 0 Å². The van der Waals surface area contributed by atoms with E-state index in [9.17, 15) is 0 Å². The van der Waals surface area contributed by atoms with Crippen LogP contribution in [-0.4, -0.2) is 9.13 Å². The summed E-state index contributed by atoms with van der Waals surface area (Å²) < 4.78 is 12.0. The van der Waals surface area contributed by atoms with Crippen molar-refractivity contribution in [2.45, 2.75) is 26.2 Å². The lowest BCUT2D eigenvalue weighted by Crippen LogP contribution is -2.14. The molecule has 0 N–H and O–H groups in total. The minimum absolute atomic E-state index is 0.0957. The van der Waals surface area contributed by atoms with Crippen molar-refractivity contribution in [2.75, 3.05) is 0 Å². The van der Waals surface area contributed by atoms with Crippen LogP contribution in [0.1, 0.15) is 30.5 Å². The number of fused-ring (bicyclic) bond motifs is 12. The van der Waals surface area contributed by atoms with Crippen LogP contribution in [0, 0.1) is 6.92 Å². The van der Waals surface area contributed by atoms with Gasteiger partial charge in [-0.15, -0.1) is 0 Å². The fraction of sp³-hybridized carbons (Fsp3) is 0.0870. The van der Waals surface area contributed by atoms with Gasteiger partial charge in [-0.05, 0) is 71.1 Å². The first kappa shape index (κ1) is 26.9. The second kappa shape index (κ2) is 9.30. The fourth-order valence-corrected chi connectivity index (χ4v) is 8.97. The van der Waals surface area contributed by atoms with E-state index in [-0.39, 0.29) is 5.41 Å². The van der Waals surface area contributed by atoms with Gasteiger partial charge in [-0.25, -0.2) is 0 Å². The van der Waals surface area contributed by atoms with Crippen LogP contribution in [0.5, 0.6) is 0 Å². The summed E-state index contributed by atoms with van der Waals surface area (Å²) in [5, 5.41) is 7.24. The lowest BCUT2D eigenvalue weighted by Gasteiger charge is -2.21. The van der Waals surface area contributed by atoms with Crippen LogP contribution in [0.4, 0.5) is 0 Å². The summed E-state index contributed by atoms with van der Waals surface area (Å²) in [5.74, 6) is 0. The number of nitrogens with zero attached hydrogens (tertiary/aromatic N) is 2. The summed E-state index contributed by atoms with van der Waals surface area (Å²) in [6.45, 7) is 6.91. The smallest absolute Gasteiger partial charge is 0.159 e. The van der Waals surface area contributed by atoms with Gasteiger partial charge < -0.3 is 13.6 Å². The van der Waals surface area contributed by atoms with E-state index < -0.39 is 0 Å². The zero-order valence-corrected chi connectivity index (χ0v) is 27.6. The molecule has 0 fully saturated rings. The zero-order chi connectivity index (χ0) is 32.6. The number of hydrogen-bond acceptors (Lipinski definition) is 1. The van der Waals surface area contributed by atoms with Crippen molar-refractivity contribution < 1.29 is 4.42 Å². The van der Waals surface area contributed by atoms with E-state index in [0.717, 1.165) is 33.3 Å². The number of benzene rings is 7. The number of aromatic nitrogens is 2. The second-order valence-electron chi connectivity index (χ2n) is 14.2. The summed E-state index contributed by atoms with van der Waals surface area (Å²) in [4.78, 5) is 0. The Kier molecular flexibility index (Phi) is 5.11. The minimum Gasteiger partial charge on any atom is -0.452 e. The average Bonchev–Trinajstić information content (AvgIpc) is 3.84. The van der Waals surface area contributed by atoms with E-state index in [2.05, 4.69) is 169 Å². The van der Waals surface area contributed by atoms with Crippen LogP contribution in [-0.2, 0) is 5.41 Å². The Hall–Kier alpha value is -6.06. The third kappa shape index (κ3) is 3.37. The molecule has 0 saturated carbocycles. The van der Waals surface area contributed by atoms with Gasteiger partial charge in [-0.1, -0.05) is 117 Å². The lowest BCUT2D eigenvalue weighted by atomic mass is 9.82. The largest absolute Gasteiger partial charge is 0.452 e. The first-order valence-corrected chi connectivity index (χ1v) is 17.1. The van der Waals surface area contributed by atoms with Gasteiger partial charge in [0.05, 0.1) is 33.4 Å². The van der Waals surface area contributed by atoms with Crippen LogP contribution < -0.4 is 0 Å². The molecule has 1 aliphatic rings. The Morgan fingerprint density at radius 2 is 1.04 bits per heavy atom. The molecule has 3 heteroatoms. The molecule has 1 aliphatic carbocycles. The normalized spacial score (nSPS) is 13.8. The molecule has 0 aliphatic heterocycles. The van der Waals surface area contributed by atoms with Crippen molar-refractivity contribution >= 4 is 65.6 Å². The molecule has 0 atom stereocenters. The molecule has 0 saturated heterocycles. The van der Waals surface area contributed by atoms with E-state index in [0.29, 0.717) is 0 Å². The molecular formula is C46H32N2O. The minimum atomic E-state index is -0.0957. The Morgan fingerprint density at radius 1 is 0.449 bits per heavy atom. The van der Waals surface area contributed by atoms with E-state index in [1.165, 1.54) is 71.4 Å². The number of para-hydroxylation sites is 4. The van der Waals surface area contributed by atoms with Crippen LogP contribution >= 0.6 is 0 Å². The number of aryl methyl sites for hydroxylation is 1. The van der Waals surface area contributed by atoms with Gasteiger partial charge >= 0.3 is 0 Å². The molecule has 10 aromatic rings. The highest BCUT2D eigenvalue weighted by Crippen LogP contribution is 2.51. The molecule has 11 rings (SSSR count). The van der Waals surface area contributed by atoms with Gasteiger partial charge in [0.2, 0.25) is 0 Å². The number of furan rings is 1. The topological polar surface area (TPSA) is 23.0 Å². The zero-order valence-electron chi connectivity index (χ0n) is 27.6. The summed E-state index contributed by atoms with van der Waals surface area (Å²) in [6, 6.07) is 51.0. The molecule has 3 heterocycles. The second-order valence-corrected chi connectivity index (χ2v) is 14.2. The highest BCUT2D eigenvalue weighted by atomic mass is 16.3. The van der Waals surface area contributed by atoms with Gasteiger partial charge in [0, 0.05) is 37.7 Å². The van der Waals surface area contributed by atoms with E-state index in [4.69, 9.17) is 4.42 Å². The van der Waals surface area contributed by atoms with Crippen molar-refractivity contribution in [1.82, 2.24) is 9.13 Å². The summed E-state index contributed by atoms with van der Waals surface area (Å²) in [5.41, 5.74) is 15.2. The first-order valence-electron chi connectivity index (χ1n) is 17.1. The Morgan fingerprint density at radius 3 is 1.78 bits per heavy atom. The van der Waals surface area contributed by atoms with Crippen molar-refractivity contribution in [3.05, 3.63) is 156 Å². The third-order valence-corrected chi connectivity index (χ3v) is 11.2. The quantitative estimate of drug-likeness (QED) is 0.187. The van der Waals surface area contributed by atoms with Gasteiger partial charge in [0.1, 0.15) is 0 Å². The molecule has 3 aromatic heterocycles. The lowest BCUT2D eigenvalue weighted by molar-refractivity contribution is 0.660. The summed E-state index contributed by atoms with van der Waals surface area (Å²) in [6.07, 6.45) is 0. The van der Waals surface area contributed by atoms with Gasteiger partial charge in [-0.3, -0.25) is 0 Å². The SMILES string of the molecule is Cc1ccc2c(oc3c(-n4c5ccccc5c5cc6c(cc54)C(C)(C)c4ccccc4-6)cccc32)c1-n1c2ccccc2c2ccccc21. The van der Waals surface area contributed by atoms with Crippen molar-refractivity contribution in [3.8, 4) is 22.5 Å². The van der Waals surface area contributed by atoms with E-state index >= 15 is 0 Å². The third-order valence-electron chi connectivity index (χ3n) is 11.2. The molecule has 3 nitrogen and oxygen atoms in total. The Bertz CT molecular complexity index is 2980. The van der Waals surface area contributed by atoms with Gasteiger partial charge in [-0.2, -0.15) is 0 Å². The average molecular weight is 629 g/mol. The van der Waals surface area contributed by atoms with Crippen LogP contribution in [0.25, 0.3) is 88.1 Å². The van der Waals surface area contributed by atoms with Crippen LogP contribution in [0.2, 0.25) is 0 Å². The molecule has 0 amide bonds. The van der Waals surface area contributed by atoms with E-state index in [1.807, 2.05) is 0 Å². The molecule has 0 spiro atoms. The summed E-state index contributed by atoms with van der Waals surface area (Å²) in [7, 11) is 0. The molecule has 232 valence electrons. The monoisotopic (exact) mass is 628 g/mol. The summed E-state index contributed by atoms with van der Waals surface area (Å²) >= 11 is 0. The standard InChI is InChI=1S/C46H32N2O/c1-27-23-24-33-32-17-12-22-41(44(32)49-45(33)43(27)48-39-20-10-5-14-29(39)30-15-6-11-21-40(30)48)47-38-19-9-7-16-31(38)35-25-34-28-13-4-8-18-36(28)46(2,3)37(34)26-42(35)47/h4-26H,1-3H3. The maximum absolute atomic E-state index is 7.18. The van der Waals surface area contributed by atoms with Gasteiger partial charge in [0.25, 0.3) is 0 Å². The Balaban J connectivity index is 1.24. The van der Waals surface area contributed by atoms with Crippen molar-refractivity contribution in [2.24, 2.45) is 0 Å². The van der Waals surface area contributed by atoms with Crippen LogP contribution in [0.15, 0.2) is 144 Å². The molecule has 7 aromatic carbocycles. The first-order chi connectivity index (χ1) is 24.0. The highest BCUT2D eigenvalue weighted by molar-refractivity contribution is 6.16. The van der Waals surface area contributed by atoms with E-state index in [1.54, 1.807) is 0 Å². The highest BCUT2D eigenvalue weighted by Gasteiger charge is 2.36. The maximum Gasteiger partial charge on any atom is 0.159 e. The predicted octanol–water partition coefficient (Wildman–Crippen LogP) is 12.4. The Labute approximate surface area is 283 Å². The molecule has 49 heavy (non-hydrogen) atoms. The number of rotatable bonds is 2. The maximum atomic E-state index is 7.18. The van der Waals surface area contributed by atoms with Crippen molar-refractivity contribution in [3.63, 3.8) is 0 Å². The molecule has 0 radical (unpaired) electrons. The predicted molar refractivity (Wildman–Crippen MR) is 205 cm³/mol. The fourth-order valence-electron chi connectivity index (χ4n) is 8.97.